The Morgan fingerprint density at radius 1 is 1.43 bits per heavy atom. The lowest BCUT2D eigenvalue weighted by Crippen LogP contribution is -2.41. The van der Waals surface area contributed by atoms with Crippen LogP contribution in [0.3, 0.4) is 0 Å². The van der Waals surface area contributed by atoms with Crippen molar-refractivity contribution in [1.29, 1.82) is 0 Å². The quantitative estimate of drug-likeness (QED) is 0.689. The molecule has 0 aliphatic heterocycles. The highest BCUT2D eigenvalue weighted by Gasteiger charge is 2.27. The molecule has 84 valence electrons. The predicted octanol–water partition coefficient (Wildman–Crippen LogP) is 1.17. The molecule has 0 aliphatic carbocycles. The molecule has 0 spiro atoms. The number of amides is 1. The van der Waals surface area contributed by atoms with E-state index >= 15 is 0 Å². The highest BCUT2D eigenvalue weighted by Crippen LogP contribution is 2.24. The minimum absolute atomic E-state index is 0.0969. The number of hydrogen-bond acceptors (Lipinski definition) is 2. The maximum Gasteiger partial charge on any atom is 0.315 e. The van der Waals surface area contributed by atoms with E-state index in [0.29, 0.717) is 12.8 Å². The highest BCUT2D eigenvalue weighted by molar-refractivity contribution is 5.79. The Kier molecular flexibility index (Phi) is 5.60. The molecule has 0 saturated heterocycles. The molecule has 2 N–H and O–H groups in total. The van der Waals surface area contributed by atoms with Crippen LogP contribution >= 0.6 is 0 Å². The van der Waals surface area contributed by atoms with Crippen molar-refractivity contribution in [1.82, 2.24) is 5.32 Å². The van der Waals surface area contributed by atoms with E-state index in [1.807, 2.05) is 13.8 Å². The molecule has 0 atom stereocenters. The second kappa shape index (κ2) is 5.90. The van der Waals surface area contributed by atoms with Gasteiger partial charge in [0.2, 0.25) is 0 Å². The Morgan fingerprint density at radius 2 is 1.93 bits per heavy atom. The van der Waals surface area contributed by atoms with Crippen LogP contribution in [0.1, 0.15) is 26.7 Å². The Bertz CT molecular complexity index is 173. The van der Waals surface area contributed by atoms with Crippen LogP contribution < -0.4 is 5.32 Å². The summed E-state index contributed by atoms with van der Waals surface area (Å²) in [6.45, 7) is 3.70. The Morgan fingerprint density at radius 3 is 2.21 bits per heavy atom. The Hall–Kier alpha value is -0.710. The maximum absolute atomic E-state index is 11.8. The SMILES string of the molecule is CCC(CC)(CO)CNC(=O)C(F)F. The van der Waals surface area contributed by atoms with Gasteiger partial charge >= 0.3 is 6.43 Å². The van der Waals surface area contributed by atoms with Gasteiger partial charge in [0.05, 0.1) is 6.61 Å². The normalized spacial score (nSPS) is 11.9. The summed E-state index contributed by atoms with van der Waals surface area (Å²) in [5.41, 5.74) is -0.468. The summed E-state index contributed by atoms with van der Waals surface area (Å²) in [4.78, 5) is 10.6. The van der Waals surface area contributed by atoms with Crippen LogP contribution in [0.25, 0.3) is 0 Å². The Labute approximate surface area is 82.5 Å². The second-order valence-corrected chi connectivity index (χ2v) is 3.38. The molecule has 0 aromatic rings. The van der Waals surface area contributed by atoms with Gasteiger partial charge in [-0.1, -0.05) is 13.8 Å². The van der Waals surface area contributed by atoms with E-state index in [1.165, 1.54) is 0 Å². The lowest BCUT2D eigenvalue weighted by Gasteiger charge is -2.29. The number of aliphatic hydroxyl groups is 1. The summed E-state index contributed by atoms with van der Waals surface area (Å²) in [6.07, 6.45) is -1.70. The van der Waals surface area contributed by atoms with Gasteiger partial charge in [0.1, 0.15) is 0 Å². The summed E-state index contributed by atoms with van der Waals surface area (Å²) in [7, 11) is 0. The summed E-state index contributed by atoms with van der Waals surface area (Å²) in [5.74, 6) is -1.27. The third-order valence-electron chi connectivity index (χ3n) is 2.67. The number of rotatable bonds is 6. The second-order valence-electron chi connectivity index (χ2n) is 3.38. The number of carbonyl (C=O) groups is 1. The number of aliphatic hydroxyl groups excluding tert-OH is 1. The fraction of sp³-hybridized carbons (Fsp3) is 0.889. The van der Waals surface area contributed by atoms with E-state index < -0.39 is 17.7 Å². The van der Waals surface area contributed by atoms with Gasteiger partial charge in [-0.25, -0.2) is 0 Å². The van der Waals surface area contributed by atoms with Crippen molar-refractivity contribution >= 4 is 5.91 Å². The topological polar surface area (TPSA) is 49.3 Å². The molecule has 14 heavy (non-hydrogen) atoms. The molecule has 0 rings (SSSR count). The van der Waals surface area contributed by atoms with E-state index in [9.17, 15) is 13.6 Å². The molecule has 0 fully saturated rings. The number of hydrogen-bond donors (Lipinski definition) is 2. The van der Waals surface area contributed by atoms with Gasteiger partial charge in [0.15, 0.2) is 0 Å². The van der Waals surface area contributed by atoms with Gasteiger partial charge in [-0.15, -0.1) is 0 Å². The molecule has 5 heteroatoms. The predicted molar refractivity (Wildman–Crippen MR) is 49.1 cm³/mol. The molecule has 0 heterocycles. The molecule has 3 nitrogen and oxygen atoms in total. The van der Waals surface area contributed by atoms with E-state index in [4.69, 9.17) is 5.11 Å². The lowest BCUT2D eigenvalue weighted by molar-refractivity contribution is -0.132. The molecular formula is C9H17F2NO2. The average Bonchev–Trinajstić information content (AvgIpc) is 2.20. The molecule has 0 aromatic heterocycles. The van der Waals surface area contributed by atoms with Crippen molar-refractivity contribution in [2.75, 3.05) is 13.2 Å². The number of halogens is 2. The zero-order valence-electron chi connectivity index (χ0n) is 8.52. The van der Waals surface area contributed by atoms with Crippen molar-refractivity contribution in [3.63, 3.8) is 0 Å². The van der Waals surface area contributed by atoms with Gasteiger partial charge in [-0.2, -0.15) is 8.78 Å². The van der Waals surface area contributed by atoms with Crippen molar-refractivity contribution in [2.24, 2.45) is 5.41 Å². The van der Waals surface area contributed by atoms with Gasteiger partial charge in [0, 0.05) is 12.0 Å². The van der Waals surface area contributed by atoms with E-state index in [-0.39, 0.29) is 13.2 Å². The van der Waals surface area contributed by atoms with Crippen LogP contribution in [0.15, 0.2) is 0 Å². The maximum atomic E-state index is 11.8. The molecule has 0 bridgehead atoms. The fourth-order valence-corrected chi connectivity index (χ4v) is 1.13. The first kappa shape index (κ1) is 13.3. The lowest BCUT2D eigenvalue weighted by atomic mass is 9.83. The number of nitrogens with one attached hydrogen (secondary N) is 1. The van der Waals surface area contributed by atoms with Gasteiger partial charge in [0.25, 0.3) is 5.91 Å². The first-order chi connectivity index (χ1) is 6.51. The minimum Gasteiger partial charge on any atom is -0.396 e. The third kappa shape index (κ3) is 3.57. The van der Waals surface area contributed by atoms with Crippen LogP contribution in [0.4, 0.5) is 8.78 Å². The van der Waals surface area contributed by atoms with Gasteiger partial charge in [-0.05, 0) is 12.8 Å². The smallest absolute Gasteiger partial charge is 0.315 e. The molecular weight excluding hydrogens is 192 g/mol. The largest absolute Gasteiger partial charge is 0.396 e. The average molecular weight is 209 g/mol. The van der Waals surface area contributed by atoms with E-state index in [2.05, 4.69) is 5.32 Å². The number of alkyl halides is 2. The molecule has 0 aliphatic rings. The van der Waals surface area contributed by atoms with Crippen molar-refractivity contribution in [3.8, 4) is 0 Å². The van der Waals surface area contributed by atoms with Gasteiger partial charge < -0.3 is 10.4 Å². The van der Waals surface area contributed by atoms with Crippen molar-refractivity contribution in [2.45, 2.75) is 33.1 Å². The molecule has 0 saturated carbocycles. The molecule has 1 amide bonds. The Balaban J connectivity index is 4.12. The summed E-state index contributed by atoms with van der Waals surface area (Å²) in [5, 5.41) is 11.2. The van der Waals surface area contributed by atoms with Crippen LogP contribution in [-0.2, 0) is 4.79 Å². The fourth-order valence-electron chi connectivity index (χ4n) is 1.13. The zero-order chi connectivity index (χ0) is 11.2. The molecule has 0 unspecified atom stereocenters. The van der Waals surface area contributed by atoms with Crippen LogP contribution in [0.2, 0.25) is 0 Å². The summed E-state index contributed by atoms with van der Waals surface area (Å²) < 4.78 is 23.7. The van der Waals surface area contributed by atoms with Crippen molar-refractivity contribution < 1.29 is 18.7 Å². The van der Waals surface area contributed by atoms with Crippen LogP contribution in [0.5, 0.6) is 0 Å². The molecule has 0 radical (unpaired) electrons. The zero-order valence-corrected chi connectivity index (χ0v) is 8.52. The standard InChI is InChI=1S/C9H17F2NO2/c1-3-9(4-2,6-13)5-12-8(14)7(10)11/h7,13H,3-6H2,1-2H3,(H,12,14). The first-order valence-electron chi connectivity index (χ1n) is 4.68. The summed E-state index contributed by atoms with van der Waals surface area (Å²) in [6, 6.07) is 0. The monoisotopic (exact) mass is 209 g/mol. The summed E-state index contributed by atoms with van der Waals surface area (Å²) >= 11 is 0. The van der Waals surface area contributed by atoms with E-state index in [1.54, 1.807) is 0 Å². The van der Waals surface area contributed by atoms with Crippen LogP contribution in [-0.4, -0.2) is 30.6 Å². The van der Waals surface area contributed by atoms with Crippen molar-refractivity contribution in [3.05, 3.63) is 0 Å². The minimum atomic E-state index is -2.99. The van der Waals surface area contributed by atoms with Crippen LogP contribution in [0, 0.1) is 5.41 Å². The highest BCUT2D eigenvalue weighted by atomic mass is 19.3. The number of carbonyl (C=O) groups excluding carboxylic acids is 1. The third-order valence-corrected chi connectivity index (χ3v) is 2.67. The van der Waals surface area contributed by atoms with Gasteiger partial charge in [-0.3, -0.25) is 4.79 Å². The molecule has 0 aromatic carbocycles. The first-order valence-corrected chi connectivity index (χ1v) is 4.68. The van der Waals surface area contributed by atoms with E-state index in [0.717, 1.165) is 0 Å².